The summed E-state index contributed by atoms with van der Waals surface area (Å²) in [7, 11) is -9.44. The van der Waals surface area contributed by atoms with Gasteiger partial charge in [0.1, 0.15) is 51.3 Å². The minimum absolute atomic E-state index is 0.00924. The molecule has 12 rings (SSSR count). The molecule has 0 fully saturated rings. The SMILES string of the molecule is O=P(O)(O)OCn1cc2cc(C#Cc3ccnc(-c4ccnc(N5Cc6ccc(F)cc6C5)n4)n3)cc(F)c2n1.O=P(O)(O)OCn1ncc2cc(C#Cc3ccnc(-c4ccnc(N5Cc6ccc(F)cc6C5)n4)n3)cc(F)c21. The van der Waals surface area contributed by atoms with Gasteiger partial charge in [0.2, 0.25) is 11.9 Å². The fourth-order valence-electron chi connectivity index (χ4n) is 8.53. The van der Waals surface area contributed by atoms with Crippen LogP contribution in [0.3, 0.4) is 0 Å². The Kier molecular flexibility index (Phi) is 14.5. The number of hydrogen-bond donors (Lipinski definition) is 4. The second kappa shape index (κ2) is 21.9. The predicted molar refractivity (Wildman–Crippen MR) is 276 cm³/mol. The molecular weight excluding hydrogens is 1090 g/mol. The molecule has 0 amide bonds. The third-order valence-electron chi connectivity index (χ3n) is 12.1. The number of benzene rings is 4. The summed E-state index contributed by atoms with van der Waals surface area (Å²) in [6.45, 7) is 0.924. The molecule has 80 heavy (non-hydrogen) atoms. The van der Waals surface area contributed by atoms with Gasteiger partial charge in [0, 0.05) is 79.1 Å². The lowest BCUT2D eigenvalue weighted by Crippen LogP contribution is -2.17. The molecule has 0 aliphatic carbocycles. The zero-order chi connectivity index (χ0) is 55.7. The standard InChI is InChI=1S/2C26H18F2N7O4P/c27-20-3-2-17-13-34(14-19(17)11-20)26-30-8-6-23(33-26)25-29-7-5-21(32-25)4-1-16-9-18-12-31-35(15-39-40(36,37)38)24(18)22(28)10-16;27-20-3-2-17-12-34(13-18(17)11-20)26-30-8-6-23(32-26)25-29-7-5-21(31-25)4-1-16-9-19-14-35(15-39-40(36,37)38)33-24(19)22(28)10-16/h2-3,5-12H,13-15H2,(H2,36,37,38);2-3,5-11,14H,12-13,15H2,(H2,36,37,38). The average Bonchev–Trinajstić information content (AvgIpc) is 4.45. The first-order valence-electron chi connectivity index (χ1n) is 23.6. The quantitative estimate of drug-likeness (QED) is 0.0604. The fourth-order valence-corrected chi connectivity index (χ4v) is 9.06. The highest BCUT2D eigenvalue weighted by Gasteiger charge is 2.25. The van der Waals surface area contributed by atoms with Crippen LogP contribution in [0.25, 0.3) is 44.8 Å². The maximum absolute atomic E-state index is 14.8. The van der Waals surface area contributed by atoms with Crippen molar-refractivity contribution in [2.45, 2.75) is 39.6 Å². The van der Waals surface area contributed by atoms with E-state index in [2.05, 4.69) is 82.8 Å². The number of aromatic nitrogens is 12. The molecule has 400 valence electrons. The molecule has 28 heteroatoms. The molecule has 10 aromatic rings. The Morgan fingerprint density at radius 2 is 1.04 bits per heavy atom. The summed E-state index contributed by atoms with van der Waals surface area (Å²) in [5.41, 5.74) is 6.23. The van der Waals surface area contributed by atoms with Gasteiger partial charge in [-0.05, 0) is 107 Å². The van der Waals surface area contributed by atoms with Gasteiger partial charge in [-0.25, -0.2) is 75.9 Å². The van der Waals surface area contributed by atoms with Crippen molar-refractivity contribution in [2.75, 3.05) is 9.80 Å². The van der Waals surface area contributed by atoms with Gasteiger partial charge in [0.25, 0.3) is 0 Å². The molecular formula is C52H36F4N14O8P2. The topological polar surface area (TPSA) is 279 Å². The van der Waals surface area contributed by atoms with Crippen LogP contribution in [-0.4, -0.2) is 79.0 Å². The van der Waals surface area contributed by atoms with Gasteiger partial charge < -0.3 is 29.4 Å². The number of hydrogen-bond acceptors (Lipinski definition) is 16. The van der Waals surface area contributed by atoms with Gasteiger partial charge in [-0.3, -0.25) is 9.05 Å². The van der Waals surface area contributed by atoms with E-state index in [0.29, 0.717) is 94.4 Å². The van der Waals surface area contributed by atoms with E-state index in [0.717, 1.165) is 31.6 Å². The van der Waals surface area contributed by atoms with Gasteiger partial charge in [-0.15, -0.1) is 0 Å². The Balaban J connectivity index is 0.000000169. The first-order chi connectivity index (χ1) is 38.4. The van der Waals surface area contributed by atoms with Gasteiger partial charge in [-0.1, -0.05) is 24.0 Å². The molecule has 0 atom stereocenters. The van der Waals surface area contributed by atoms with E-state index in [4.69, 9.17) is 19.6 Å². The van der Waals surface area contributed by atoms with Crippen molar-refractivity contribution in [2.24, 2.45) is 0 Å². The second-order valence-electron chi connectivity index (χ2n) is 17.7. The van der Waals surface area contributed by atoms with E-state index in [-0.39, 0.29) is 22.7 Å². The Hall–Kier alpha value is -9.20. The molecule has 0 unspecified atom stereocenters. The highest BCUT2D eigenvalue weighted by atomic mass is 31.2. The average molecular weight is 1120 g/mol. The maximum atomic E-state index is 14.8. The molecule has 0 saturated carbocycles. The third kappa shape index (κ3) is 12.4. The van der Waals surface area contributed by atoms with Crippen molar-refractivity contribution in [3.63, 3.8) is 0 Å². The van der Waals surface area contributed by atoms with Crippen LogP contribution >= 0.6 is 15.6 Å². The van der Waals surface area contributed by atoms with Crippen molar-refractivity contribution in [1.82, 2.24) is 59.4 Å². The maximum Gasteiger partial charge on any atom is 0.471 e. The molecule has 0 radical (unpaired) electrons. The fraction of sp³-hybridized carbons (Fsp3) is 0.115. The summed E-state index contributed by atoms with van der Waals surface area (Å²) < 4.78 is 89.4. The Bertz CT molecular complexity index is 4140. The molecule has 0 spiro atoms. The van der Waals surface area contributed by atoms with Crippen molar-refractivity contribution < 1.29 is 55.3 Å². The number of phosphoric ester groups is 2. The van der Waals surface area contributed by atoms with Crippen molar-refractivity contribution in [3.8, 4) is 46.7 Å². The zero-order valence-electron chi connectivity index (χ0n) is 40.9. The van der Waals surface area contributed by atoms with Crippen LogP contribution in [0, 0.1) is 47.0 Å². The van der Waals surface area contributed by atoms with Crippen LogP contribution in [-0.2, 0) is 57.8 Å². The first-order valence-corrected chi connectivity index (χ1v) is 26.6. The van der Waals surface area contributed by atoms with Crippen molar-refractivity contribution in [3.05, 3.63) is 190 Å². The first kappa shape index (κ1) is 52.8. The normalized spacial score (nSPS) is 12.8. The molecule has 0 saturated heterocycles. The lowest BCUT2D eigenvalue weighted by molar-refractivity contribution is 0.145. The van der Waals surface area contributed by atoms with Gasteiger partial charge in [0.05, 0.1) is 6.20 Å². The largest absolute Gasteiger partial charge is 0.471 e. The van der Waals surface area contributed by atoms with Crippen molar-refractivity contribution >= 4 is 49.3 Å². The smallest absolute Gasteiger partial charge is 0.332 e. The summed E-state index contributed by atoms with van der Waals surface area (Å²) in [5, 5.41) is 8.62. The summed E-state index contributed by atoms with van der Waals surface area (Å²) in [5.74, 6) is 11.2. The molecule has 22 nitrogen and oxygen atoms in total. The van der Waals surface area contributed by atoms with Crippen LogP contribution in [0.15, 0.2) is 122 Å². The van der Waals surface area contributed by atoms with Crippen LogP contribution < -0.4 is 9.80 Å². The predicted octanol–water partition coefficient (Wildman–Crippen LogP) is 7.10. The lowest BCUT2D eigenvalue weighted by Gasteiger charge is -2.15. The number of anilines is 2. The van der Waals surface area contributed by atoms with E-state index in [1.54, 1.807) is 60.9 Å². The Morgan fingerprint density at radius 1 is 0.537 bits per heavy atom. The number of fused-ring (bicyclic) bond motifs is 4. The molecule has 6 aromatic heterocycles. The number of rotatable bonds is 10. The van der Waals surface area contributed by atoms with E-state index in [1.165, 1.54) is 61.2 Å². The van der Waals surface area contributed by atoms with Gasteiger partial charge >= 0.3 is 15.6 Å². The number of nitrogens with zero attached hydrogens (tertiary/aromatic N) is 14. The molecule has 2 aliphatic heterocycles. The minimum atomic E-state index is -4.74. The number of halogens is 4. The molecule has 0 bridgehead atoms. The van der Waals surface area contributed by atoms with Crippen LogP contribution in [0.4, 0.5) is 29.5 Å². The molecule has 4 aromatic carbocycles. The van der Waals surface area contributed by atoms with Crippen LogP contribution in [0.5, 0.6) is 0 Å². The molecule has 8 heterocycles. The van der Waals surface area contributed by atoms with E-state index >= 15 is 0 Å². The lowest BCUT2D eigenvalue weighted by atomic mass is 10.1. The molecule has 4 N–H and O–H groups in total. The second-order valence-corrected chi connectivity index (χ2v) is 20.1. The summed E-state index contributed by atoms with van der Waals surface area (Å²) >= 11 is 0. The third-order valence-corrected chi connectivity index (χ3v) is 13.0. The Morgan fingerprint density at radius 3 is 1.59 bits per heavy atom. The van der Waals surface area contributed by atoms with E-state index in [9.17, 15) is 26.7 Å². The minimum Gasteiger partial charge on any atom is -0.332 e. The summed E-state index contributed by atoms with van der Waals surface area (Å²) in [6.07, 6.45) is 9.02. The zero-order valence-corrected chi connectivity index (χ0v) is 42.7. The van der Waals surface area contributed by atoms with E-state index < -0.39 is 40.7 Å². The highest BCUT2D eigenvalue weighted by Crippen LogP contribution is 2.37. The van der Waals surface area contributed by atoms with E-state index in [1.807, 2.05) is 9.80 Å². The summed E-state index contributed by atoms with van der Waals surface area (Å²) in [6, 6.07) is 21.6. The highest BCUT2D eigenvalue weighted by molar-refractivity contribution is 7.46. The van der Waals surface area contributed by atoms with Gasteiger partial charge in [0.15, 0.2) is 30.9 Å². The van der Waals surface area contributed by atoms with Gasteiger partial charge in [-0.2, -0.15) is 10.2 Å². The molecule has 2 aliphatic rings. The van der Waals surface area contributed by atoms with Crippen LogP contribution in [0.1, 0.15) is 44.8 Å². The number of phosphoric acid groups is 2. The van der Waals surface area contributed by atoms with Crippen LogP contribution in [0.2, 0.25) is 0 Å². The monoisotopic (exact) mass is 1120 g/mol. The Labute approximate surface area is 448 Å². The van der Waals surface area contributed by atoms with Crippen molar-refractivity contribution in [1.29, 1.82) is 0 Å². The summed E-state index contributed by atoms with van der Waals surface area (Å²) in [4.78, 5) is 74.8.